The van der Waals surface area contributed by atoms with Crippen LogP contribution in [0.15, 0.2) is 84.9 Å². The Morgan fingerprint density at radius 1 is 0.967 bits per heavy atom. The van der Waals surface area contributed by atoms with Gasteiger partial charge in [0.1, 0.15) is 12.4 Å². The molecule has 0 fully saturated rings. The van der Waals surface area contributed by atoms with E-state index in [0.717, 1.165) is 39.5 Å². The van der Waals surface area contributed by atoms with Gasteiger partial charge in [-0.25, -0.2) is 4.79 Å². The third-order valence-corrected chi connectivity index (χ3v) is 5.06. The molecule has 0 saturated heterocycles. The lowest BCUT2D eigenvalue weighted by atomic mass is 10.2. The summed E-state index contributed by atoms with van der Waals surface area (Å²) in [6, 6.07) is 25.5. The molecule has 4 rings (SSSR count). The van der Waals surface area contributed by atoms with Crippen molar-refractivity contribution in [3.63, 3.8) is 0 Å². The van der Waals surface area contributed by atoms with Crippen LogP contribution >= 0.6 is 11.6 Å². The molecule has 5 heteroatoms. The van der Waals surface area contributed by atoms with Gasteiger partial charge in [0.05, 0.1) is 0 Å². The molecule has 0 unspecified atom stereocenters. The molecular formula is C25H20ClNO3. The van der Waals surface area contributed by atoms with E-state index in [1.807, 2.05) is 78.9 Å². The Hall–Kier alpha value is -3.50. The summed E-state index contributed by atoms with van der Waals surface area (Å²) < 4.78 is 8.03. The standard InChI is InChI=1S/C25H20ClNO3/c26-21-8-6-18(7-9-21)16-27-22(10-13-25(28)29)14-20-15-23(11-12-24(20)27)30-17-19-4-2-1-3-5-19/h1-15H,16-17H2,(H,28,29). The first-order valence-electron chi connectivity index (χ1n) is 9.54. The number of hydrogen-bond acceptors (Lipinski definition) is 2. The number of fused-ring (bicyclic) bond motifs is 1. The van der Waals surface area contributed by atoms with Crippen molar-refractivity contribution in [2.24, 2.45) is 0 Å². The predicted octanol–water partition coefficient (Wildman–Crippen LogP) is 6.02. The molecule has 3 aromatic carbocycles. The summed E-state index contributed by atoms with van der Waals surface area (Å²) >= 11 is 6.00. The summed E-state index contributed by atoms with van der Waals surface area (Å²) in [5.74, 6) is -0.214. The number of carboxylic acid groups (broad SMARTS) is 1. The minimum absolute atomic E-state index is 0.490. The van der Waals surface area contributed by atoms with E-state index in [-0.39, 0.29) is 0 Å². The normalized spacial score (nSPS) is 11.2. The fraction of sp³-hybridized carbons (Fsp3) is 0.0800. The summed E-state index contributed by atoms with van der Waals surface area (Å²) in [5, 5.41) is 10.7. The van der Waals surface area contributed by atoms with E-state index in [4.69, 9.17) is 21.4 Å². The Kier molecular flexibility index (Phi) is 5.87. The Bertz CT molecular complexity index is 1190. The van der Waals surface area contributed by atoms with Crippen LogP contribution < -0.4 is 4.74 Å². The molecule has 0 radical (unpaired) electrons. The van der Waals surface area contributed by atoms with Gasteiger partial charge in [0, 0.05) is 34.2 Å². The van der Waals surface area contributed by atoms with Gasteiger partial charge in [-0.3, -0.25) is 0 Å². The van der Waals surface area contributed by atoms with Crippen LogP contribution in [-0.4, -0.2) is 15.6 Å². The first-order valence-corrected chi connectivity index (χ1v) is 9.92. The zero-order valence-corrected chi connectivity index (χ0v) is 16.9. The molecular weight excluding hydrogens is 398 g/mol. The predicted molar refractivity (Wildman–Crippen MR) is 120 cm³/mol. The Balaban J connectivity index is 1.66. The van der Waals surface area contributed by atoms with Gasteiger partial charge in [-0.1, -0.05) is 54.1 Å². The lowest BCUT2D eigenvalue weighted by molar-refractivity contribution is -0.131. The van der Waals surface area contributed by atoms with Gasteiger partial charge in [0.25, 0.3) is 0 Å². The van der Waals surface area contributed by atoms with Crippen molar-refractivity contribution in [2.45, 2.75) is 13.2 Å². The second-order valence-electron chi connectivity index (χ2n) is 6.95. The van der Waals surface area contributed by atoms with Crippen LogP contribution in [0.3, 0.4) is 0 Å². The maximum absolute atomic E-state index is 11.0. The summed E-state index contributed by atoms with van der Waals surface area (Å²) in [4.78, 5) is 11.0. The number of halogens is 1. The van der Waals surface area contributed by atoms with Crippen molar-refractivity contribution in [1.29, 1.82) is 0 Å². The molecule has 0 aliphatic carbocycles. The van der Waals surface area contributed by atoms with E-state index >= 15 is 0 Å². The number of ether oxygens (including phenoxy) is 1. The highest BCUT2D eigenvalue weighted by Gasteiger charge is 2.10. The number of aliphatic carboxylic acids is 1. The zero-order chi connectivity index (χ0) is 20.9. The largest absolute Gasteiger partial charge is 0.489 e. The first kappa shape index (κ1) is 19.8. The summed E-state index contributed by atoms with van der Waals surface area (Å²) in [5.41, 5.74) is 3.99. The van der Waals surface area contributed by atoms with Crippen molar-refractivity contribution < 1.29 is 14.6 Å². The molecule has 30 heavy (non-hydrogen) atoms. The highest BCUT2D eigenvalue weighted by atomic mass is 35.5. The highest BCUT2D eigenvalue weighted by Crippen LogP contribution is 2.27. The van der Waals surface area contributed by atoms with Crippen LogP contribution in [0.1, 0.15) is 16.8 Å². The van der Waals surface area contributed by atoms with Crippen molar-refractivity contribution in [1.82, 2.24) is 4.57 Å². The molecule has 0 atom stereocenters. The second kappa shape index (κ2) is 8.89. The number of aromatic nitrogens is 1. The van der Waals surface area contributed by atoms with Gasteiger partial charge in [-0.2, -0.15) is 0 Å². The SMILES string of the molecule is O=C(O)C=Cc1cc2cc(OCc3ccccc3)ccc2n1Cc1ccc(Cl)cc1. The van der Waals surface area contributed by atoms with Crippen molar-refractivity contribution in [2.75, 3.05) is 0 Å². The lowest BCUT2D eigenvalue weighted by Gasteiger charge is -2.10. The number of benzene rings is 3. The molecule has 0 aliphatic heterocycles. The quantitative estimate of drug-likeness (QED) is 0.374. The van der Waals surface area contributed by atoms with Gasteiger partial charge in [-0.05, 0) is 53.6 Å². The molecule has 0 spiro atoms. The smallest absolute Gasteiger partial charge is 0.328 e. The molecule has 0 saturated carbocycles. The Morgan fingerprint density at radius 3 is 2.47 bits per heavy atom. The molecule has 1 N–H and O–H groups in total. The number of hydrogen-bond donors (Lipinski definition) is 1. The minimum Gasteiger partial charge on any atom is -0.489 e. The van der Waals surface area contributed by atoms with Gasteiger partial charge in [0.15, 0.2) is 0 Å². The maximum atomic E-state index is 11.0. The summed E-state index contributed by atoms with van der Waals surface area (Å²) in [6.45, 7) is 1.09. The molecule has 0 bridgehead atoms. The monoisotopic (exact) mass is 417 g/mol. The number of rotatable bonds is 7. The first-order chi connectivity index (χ1) is 14.6. The number of nitrogens with zero attached hydrogens (tertiary/aromatic N) is 1. The average molecular weight is 418 g/mol. The third kappa shape index (κ3) is 4.73. The Morgan fingerprint density at radius 2 is 1.73 bits per heavy atom. The van der Waals surface area contributed by atoms with Crippen LogP contribution in [0.4, 0.5) is 0 Å². The Labute approximate surface area is 179 Å². The molecule has 1 heterocycles. The van der Waals surface area contributed by atoms with Gasteiger partial charge in [-0.15, -0.1) is 0 Å². The van der Waals surface area contributed by atoms with Crippen molar-refractivity contribution >= 4 is 34.5 Å². The van der Waals surface area contributed by atoms with E-state index in [0.29, 0.717) is 18.2 Å². The van der Waals surface area contributed by atoms with Crippen molar-refractivity contribution in [3.05, 3.63) is 107 Å². The van der Waals surface area contributed by atoms with E-state index in [2.05, 4.69) is 4.57 Å². The zero-order valence-electron chi connectivity index (χ0n) is 16.2. The van der Waals surface area contributed by atoms with E-state index in [1.54, 1.807) is 6.08 Å². The minimum atomic E-state index is -0.981. The molecule has 4 nitrogen and oxygen atoms in total. The number of carboxylic acids is 1. The highest BCUT2D eigenvalue weighted by molar-refractivity contribution is 6.30. The number of carbonyl (C=O) groups is 1. The van der Waals surface area contributed by atoms with Crippen LogP contribution in [0, 0.1) is 0 Å². The van der Waals surface area contributed by atoms with Crippen molar-refractivity contribution in [3.8, 4) is 5.75 Å². The van der Waals surface area contributed by atoms with Crippen LogP contribution in [0.25, 0.3) is 17.0 Å². The lowest BCUT2D eigenvalue weighted by Crippen LogP contribution is -2.02. The van der Waals surface area contributed by atoms with Gasteiger partial charge < -0.3 is 14.4 Å². The summed E-state index contributed by atoms with van der Waals surface area (Å²) in [6.07, 6.45) is 2.77. The fourth-order valence-electron chi connectivity index (χ4n) is 3.34. The van der Waals surface area contributed by atoms with E-state index in [1.165, 1.54) is 0 Å². The van der Waals surface area contributed by atoms with E-state index in [9.17, 15) is 4.79 Å². The summed E-state index contributed by atoms with van der Waals surface area (Å²) in [7, 11) is 0. The van der Waals surface area contributed by atoms with Crippen LogP contribution in [0.5, 0.6) is 5.75 Å². The van der Waals surface area contributed by atoms with Gasteiger partial charge in [0.2, 0.25) is 0 Å². The fourth-order valence-corrected chi connectivity index (χ4v) is 3.47. The second-order valence-corrected chi connectivity index (χ2v) is 7.38. The molecule has 1 aromatic heterocycles. The van der Waals surface area contributed by atoms with E-state index < -0.39 is 5.97 Å². The maximum Gasteiger partial charge on any atom is 0.328 e. The molecule has 0 amide bonds. The topological polar surface area (TPSA) is 51.5 Å². The average Bonchev–Trinajstić information content (AvgIpc) is 3.09. The third-order valence-electron chi connectivity index (χ3n) is 4.80. The molecule has 4 aromatic rings. The van der Waals surface area contributed by atoms with Gasteiger partial charge >= 0.3 is 5.97 Å². The van der Waals surface area contributed by atoms with Crippen LogP contribution in [-0.2, 0) is 17.9 Å². The molecule has 0 aliphatic rings. The molecule has 150 valence electrons. The van der Waals surface area contributed by atoms with Crippen LogP contribution in [0.2, 0.25) is 5.02 Å².